The summed E-state index contributed by atoms with van der Waals surface area (Å²) in [5, 5.41) is 12.0. The number of nitrogens with zero attached hydrogens (tertiary/aromatic N) is 5. The SMILES string of the molecule is Cc1cccc(-c2noc(CNC3CCc4nc(C)nn4C3)n2)c1. The van der Waals surface area contributed by atoms with Crippen LogP contribution < -0.4 is 5.32 Å². The van der Waals surface area contributed by atoms with Crippen LogP contribution >= 0.6 is 0 Å². The van der Waals surface area contributed by atoms with Crippen molar-refractivity contribution >= 4 is 0 Å². The lowest BCUT2D eigenvalue weighted by Crippen LogP contribution is -2.37. The van der Waals surface area contributed by atoms with Gasteiger partial charge in [-0.1, -0.05) is 28.9 Å². The van der Waals surface area contributed by atoms with E-state index in [2.05, 4.69) is 44.6 Å². The maximum absolute atomic E-state index is 5.37. The lowest BCUT2D eigenvalue weighted by atomic mass is 10.1. The van der Waals surface area contributed by atoms with Gasteiger partial charge in [0, 0.05) is 18.0 Å². The predicted molar refractivity (Wildman–Crippen MR) is 88.2 cm³/mol. The first kappa shape index (κ1) is 15.0. The summed E-state index contributed by atoms with van der Waals surface area (Å²) in [7, 11) is 0. The number of nitrogens with one attached hydrogen (secondary N) is 1. The summed E-state index contributed by atoms with van der Waals surface area (Å²) in [6, 6.07) is 8.43. The van der Waals surface area contributed by atoms with E-state index in [1.807, 2.05) is 23.7 Å². The second-order valence-electron chi connectivity index (χ2n) is 6.26. The quantitative estimate of drug-likeness (QED) is 0.791. The smallest absolute Gasteiger partial charge is 0.240 e. The highest BCUT2D eigenvalue weighted by molar-refractivity contribution is 5.55. The van der Waals surface area contributed by atoms with E-state index in [1.54, 1.807) is 0 Å². The zero-order chi connectivity index (χ0) is 16.5. The number of hydrogen-bond acceptors (Lipinski definition) is 6. The van der Waals surface area contributed by atoms with Crippen LogP contribution in [0.3, 0.4) is 0 Å². The topological polar surface area (TPSA) is 81.7 Å². The van der Waals surface area contributed by atoms with Crippen molar-refractivity contribution in [2.45, 2.75) is 45.8 Å². The number of hydrogen-bond donors (Lipinski definition) is 1. The zero-order valence-corrected chi connectivity index (χ0v) is 13.9. The van der Waals surface area contributed by atoms with E-state index in [0.717, 1.165) is 36.6 Å². The molecule has 124 valence electrons. The van der Waals surface area contributed by atoms with Crippen LogP contribution in [0.5, 0.6) is 0 Å². The van der Waals surface area contributed by atoms with Crippen molar-refractivity contribution in [1.82, 2.24) is 30.2 Å². The molecule has 0 aliphatic carbocycles. The highest BCUT2D eigenvalue weighted by Gasteiger charge is 2.21. The van der Waals surface area contributed by atoms with Gasteiger partial charge in [0.15, 0.2) is 0 Å². The van der Waals surface area contributed by atoms with Crippen LogP contribution in [-0.2, 0) is 19.5 Å². The van der Waals surface area contributed by atoms with Gasteiger partial charge in [0.2, 0.25) is 11.7 Å². The molecule has 1 unspecified atom stereocenters. The Morgan fingerprint density at radius 3 is 3.08 bits per heavy atom. The average molecular weight is 324 g/mol. The van der Waals surface area contributed by atoms with E-state index < -0.39 is 0 Å². The number of rotatable bonds is 4. The van der Waals surface area contributed by atoms with Gasteiger partial charge < -0.3 is 9.84 Å². The van der Waals surface area contributed by atoms with Crippen LogP contribution in [-0.4, -0.2) is 30.9 Å². The third-order valence-corrected chi connectivity index (χ3v) is 4.25. The van der Waals surface area contributed by atoms with Crippen molar-refractivity contribution in [3.63, 3.8) is 0 Å². The molecule has 0 bridgehead atoms. The van der Waals surface area contributed by atoms with Gasteiger partial charge in [0.25, 0.3) is 0 Å². The Balaban J connectivity index is 1.39. The van der Waals surface area contributed by atoms with E-state index in [0.29, 0.717) is 24.3 Å². The van der Waals surface area contributed by atoms with Crippen molar-refractivity contribution in [2.75, 3.05) is 0 Å². The molecule has 1 aliphatic heterocycles. The average Bonchev–Trinajstić information content (AvgIpc) is 3.18. The van der Waals surface area contributed by atoms with Crippen molar-refractivity contribution < 1.29 is 4.52 Å². The summed E-state index contributed by atoms with van der Waals surface area (Å²) in [4.78, 5) is 8.91. The first-order valence-electron chi connectivity index (χ1n) is 8.21. The summed E-state index contributed by atoms with van der Waals surface area (Å²) in [5.41, 5.74) is 2.16. The molecular weight excluding hydrogens is 304 g/mol. The standard InChI is InChI=1S/C17H20N6O/c1-11-4-3-5-13(8-11)17-20-16(24-22-17)9-18-14-6-7-15-19-12(2)21-23(15)10-14/h3-5,8,14,18H,6-7,9-10H2,1-2H3. The third kappa shape index (κ3) is 3.07. The van der Waals surface area contributed by atoms with Crippen molar-refractivity contribution in [3.05, 3.63) is 47.4 Å². The monoisotopic (exact) mass is 324 g/mol. The molecule has 24 heavy (non-hydrogen) atoms. The molecule has 0 saturated heterocycles. The van der Waals surface area contributed by atoms with Gasteiger partial charge in [-0.3, -0.25) is 0 Å². The molecular formula is C17H20N6O. The molecule has 4 rings (SSSR count). The highest BCUT2D eigenvalue weighted by atomic mass is 16.5. The molecule has 7 heteroatoms. The molecule has 0 spiro atoms. The number of aromatic nitrogens is 5. The summed E-state index contributed by atoms with van der Waals surface area (Å²) < 4.78 is 7.35. The summed E-state index contributed by atoms with van der Waals surface area (Å²) in [5.74, 6) is 3.15. The van der Waals surface area contributed by atoms with E-state index >= 15 is 0 Å². The minimum Gasteiger partial charge on any atom is -0.338 e. The molecule has 3 heterocycles. The molecule has 1 atom stereocenters. The predicted octanol–water partition coefficient (Wildman–Crippen LogP) is 2.05. The number of fused-ring (bicyclic) bond motifs is 1. The molecule has 3 aromatic rings. The summed E-state index contributed by atoms with van der Waals surface area (Å²) >= 11 is 0. The Hall–Kier alpha value is -2.54. The van der Waals surface area contributed by atoms with Crippen LogP contribution in [0.1, 0.15) is 29.5 Å². The summed E-state index contributed by atoms with van der Waals surface area (Å²) in [6.45, 7) is 5.37. The molecule has 0 radical (unpaired) electrons. The van der Waals surface area contributed by atoms with Crippen LogP contribution in [0.25, 0.3) is 11.4 Å². The Bertz CT molecular complexity index is 852. The second-order valence-corrected chi connectivity index (χ2v) is 6.26. The molecule has 0 fully saturated rings. The summed E-state index contributed by atoms with van der Waals surface area (Å²) in [6.07, 6.45) is 1.98. The lowest BCUT2D eigenvalue weighted by Gasteiger charge is -2.22. The minimum atomic E-state index is 0.341. The van der Waals surface area contributed by atoms with E-state index in [-0.39, 0.29) is 0 Å². The lowest BCUT2D eigenvalue weighted by molar-refractivity contribution is 0.320. The van der Waals surface area contributed by atoms with Gasteiger partial charge in [-0.05, 0) is 26.3 Å². The van der Waals surface area contributed by atoms with E-state index in [9.17, 15) is 0 Å². The molecule has 1 N–H and O–H groups in total. The van der Waals surface area contributed by atoms with E-state index in [4.69, 9.17) is 4.52 Å². The van der Waals surface area contributed by atoms with Crippen molar-refractivity contribution in [2.24, 2.45) is 0 Å². The Kier molecular flexibility index (Phi) is 3.86. The van der Waals surface area contributed by atoms with Crippen LogP contribution in [0.4, 0.5) is 0 Å². The molecule has 7 nitrogen and oxygen atoms in total. The van der Waals surface area contributed by atoms with Gasteiger partial charge >= 0.3 is 0 Å². The van der Waals surface area contributed by atoms with Crippen LogP contribution in [0.15, 0.2) is 28.8 Å². The highest BCUT2D eigenvalue weighted by Crippen LogP contribution is 2.17. The molecule has 1 aliphatic rings. The zero-order valence-electron chi connectivity index (χ0n) is 13.9. The maximum atomic E-state index is 5.37. The van der Waals surface area contributed by atoms with Gasteiger partial charge in [-0.2, -0.15) is 10.1 Å². The Morgan fingerprint density at radius 2 is 2.21 bits per heavy atom. The molecule has 2 aromatic heterocycles. The Labute approximate surface area is 140 Å². The second kappa shape index (κ2) is 6.16. The third-order valence-electron chi connectivity index (χ3n) is 4.25. The maximum Gasteiger partial charge on any atom is 0.240 e. The van der Waals surface area contributed by atoms with Crippen LogP contribution in [0, 0.1) is 13.8 Å². The first-order valence-corrected chi connectivity index (χ1v) is 8.21. The number of aryl methyl sites for hydroxylation is 3. The van der Waals surface area contributed by atoms with Crippen molar-refractivity contribution in [1.29, 1.82) is 0 Å². The van der Waals surface area contributed by atoms with Gasteiger partial charge in [-0.25, -0.2) is 9.67 Å². The molecule has 0 amide bonds. The van der Waals surface area contributed by atoms with E-state index in [1.165, 1.54) is 5.56 Å². The Morgan fingerprint density at radius 1 is 1.29 bits per heavy atom. The van der Waals surface area contributed by atoms with Gasteiger partial charge in [0.05, 0.1) is 13.1 Å². The normalized spacial score (nSPS) is 17.0. The fourth-order valence-corrected chi connectivity index (χ4v) is 3.06. The van der Waals surface area contributed by atoms with Crippen LogP contribution in [0.2, 0.25) is 0 Å². The number of benzene rings is 1. The van der Waals surface area contributed by atoms with Crippen molar-refractivity contribution in [3.8, 4) is 11.4 Å². The van der Waals surface area contributed by atoms with Gasteiger partial charge in [0.1, 0.15) is 11.6 Å². The minimum absolute atomic E-state index is 0.341. The molecule has 0 saturated carbocycles. The first-order chi connectivity index (χ1) is 11.7. The van der Waals surface area contributed by atoms with Gasteiger partial charge in [-0.15, -0.1) is 0 Å². The molecule has 1 aromatic carbocycles. The fourth-order valence-electron chi connectivity index (χ4n) is 3.06. The largest absolute Gasteiger partial charge is 0.338 e. The fraction of sp³-hybridized carbons (Fsp3) is 0.412.